The first-order chi connectivity index (χ1) is 8.66. The second-order valence-electron chi connectivity index (χ2n) is 4.80. The molecule has 3 rings (SSSR count). The quantitative estimate of drug-likeness (QED) is 0.790. The first-order valence-corrected chi connectivity index (χ1v) is 6.11. The van der Waals surface area contributed by atoms with Crippen LogP contribution in [0.4, 0.5) is 5.69 Å². The number of carbonyl (C=O) groups is 1. The summed E-state index contributed by atoms with van der Waals surface area (Å²) in [6.07, 6.45) is 3.77. The summed E-state index contributed by atoms with van der Waals surface area (Å²) in [5.74, 6) is -0.105. The monoisotopic (exact) mass is 241 g/mol. The third-order valence-corrected chi connectivity index (χ3v) is 3.33. The molecule has 1 aliphatic rings. The molecule has 0 radical (unpaired) electrons. The van der Waals surface area contributed by atoms with Gasteiger partial charge in [-0.2, -0.15) is 0 Å². The van der Waals surface area contributed by atoms with E-state index in [1.807, 2.05) is 25.1 Å². The third-order valence-electron chi connectivity index (χ3n) is 3.33. The molecule has 1 aromatic heterocycles. The van der Waals surface area contributed by atoms with Gasteiger partial charge in [0.15, 0.2) is 0 Å². The number of nitrogens with zero attached hydrogens (tertiary/aromatic N) is 1. The molecule has 1 aliphatic carbocycles. The average molecular weight is 241 g/mol. The molecule has 2 aromatic rings. The Morgan fingerprint density at radius 2 is 2.11 bits per heavy atom. The van der Waals surface area contributed by atoms with Gasteiger partial charge in [-0.25, -0.2) is 0 Å². The highest BCUT2D eigenvalue weighted by Gasteiger charge is 2.25. The zero-order valence-electron chi connectivity index (χ0n) is 10.2. The molecule has 18 heavy (non-hydrogen) atoms. The lowest BCUT2D eigenvalue weighted by Gasteiger charge is -2.09. The van der Waals surface area contributed by atoms with Crippen molar-refractivity contribution in [1.82, 2.24) is 10.3 Å². The minimum absolute atomic E-state index is 0.105. The molecule has 1 saturated carbocycles. The maximum absolute atomic E-state index is 12.1. The number of hydrogen-bond acceptors (Lipinski definition) is 3. The second-order valence-corrected chi connectivity index (χ2v) is 4.80. The maximum atomic E-state index is 12.1. The molecular formula is C14H15N3O. The van der Waals surface area contributed by atoms with Gasteiger partial charge in [-0.3, -0.25) is 9.78 Å². The number of aryl methyl sites for hydroxylation is 1. The highest BCUT2D eigenvalue weighted by Crippen LogP contribution is 2.26. The number of anilines is 1. The van der Waals surface area contributed by atoms with Crippen LogP contribution in [0, 0.1) is 6.92 Å². The van der Waals surface area contributed by atoms with E-state index < -0.39 is 0 Å². The number of fused-ring (bicyclic) bond motifs is 1. The van der Waals surface area contributed by atoms with Crippen molar-refractivity contribution >= 4 is 22.4 Å². The van der Waals surface area contributed by atoms with Crippen LogP contribution in [-0.4, -0.2) is 16.9 Å². The fourth-order valence-electron chi connectivity index (χ4n) is 2.05. The summed E-state index contributed by atoms with van der Waals surface area (Å²) in [5, 5.41) is 4.67. The molecule has 1 heterocycles. The average Bonchev–Trinajstić information content (AvgIpc) is 3.17. The van der Waals surface area contributed by atoms with E-state index in [0.29, 0.717) is 11.7 Å². The van der Waals surface area contributed by atoms with Gasteiger partial charge < -0.3 is 11.1 Å². The summed E-state index contributed by atoms with van der Waals surface area (Å²) < 4.78 is 0. The predicted molar refractivity (Wildman–Crippen MR) is 71.4 cm³/mol. The molecule has 4 heteroatoms. The van der Waals surface area contributed by atoms with E-state index in [0.717, 1.165) is 34.9 Å². The van der Waals surface area contributed by atoms with Crippen LogP contribution in [0.25, 0.3) is 10.8 Å². The third kappa shape index (κ3) is 1.79. The van der Waals surface area contributed by atoms with Crippen LogP contribution in [0.2, 0.25) is 0 Å². The van der Waals surface area contributed by atoms with Crippen molar-refractivity contribution in [1.29, 1.82) is 0 Å². The number of hydrogen-bond donors (Lipinski definition) is 2. The van der Waals surface area contributed by atoms with E-state index in [9.17, 15) is 4.79 Å². The summed E-state index contributed by atoms with van der Waals surface area (Å²) in [6.45, 7) is 1.96. The lowest BCUT2D eigenvalue weighted by molar-refractivity contribution is 0.0948. The molecule has 0 spiro atoms. The largest absolute Gasteiger partial charge is 0.398 e. The first-order valence-electron chi connectivity index (χ1n) is 6.11. The number of carbonyl (C=O) groups excluding carboxylic acids is 1. The van der Waals surface area contributed by atoms with E-state index in [2.05, 4.69) is 10.3 Å². The molecule has 0 aliphatic heterocycles. The molecule has 3 N–H and O–H groups in total. The van der Waals surface area contributed by atoms with Gasteiger partial charge in [-0.1, -0.05) is 12.1 Å². The van der Waals surface area contributed by atoms with Gasteiger partial charge in [0, 0.05) is 28.7 Å². The van der Waals surface area contributed by atoms with Crippen molar-refractivity contribution in [2.75, 3.05) is 5.73 Å². The SMILES string of the molecule is Cc1ccc2c(C(=O)NC3CC3)nccc2c1N. The Hall–Kier alpha value is -2.10. The smallest absolute Gasteiger partial charge is 0.270 e. The number of nitrogen functional groups attached to an aromatic ring is 1. The standard InChI is InChI=1S/C14H15N3O/c1-8-2-5-11-10(12(8)15)6-7-16-13(11)14(18)17-9-3-4-9/h2,5-7,9H,3-4,15H2,1H3,(H,17,18). The number of aromatic nitrogens is 1. The number of pyridine rings is 1. The van der Waals surface area contributed by atoms with Crippen LogP contribution in [0.3, 0.4) is 0 Å². The lowest BCUT2D eigenvalue weighted by Crippen LogP contribution is -2.26. The predicted octanol–water partition coefficient (Wildman–Crippen LogP) is 2.02. The molecule has 0 unspecified atom stereocenters. The van der Waals surface area contributed by atoms with Crippen LogP contribution in [-0.2, 0) is 0 Å². The van der Waals surface area contributed by atoms with Crippen LogP contribution >= 0.6 is 0 Å². The van der Waals surface area contributed by atoms with E-state index >= 15 is 0 Å². The van der Waals surface area contributed by atoms with Crippen molar-refractivity contribution in [2.24, 2.45) is 0 Å². The Morgan fingerprint density at radius 1 is 1.33 bits per heavy atom. The van der Waals surface area contributed by atoms with Gasteiger partial charge in [0.1, 0.15) is 5.69 Å². The van der Waals surface area contributed by atoms with E-state index in [1.54, 1.807) is 6.20 Å². The second kappa shape index (κ2) is 3.98. The molecular weight excluding hydrogens is 226 g/mol. The van der Waals surface area contributed by atoms with Gasteiger partial charge in [0.2, 0.25) is 0 Å². The van der Waals surface area contributed by atoms with Crippen LogP contribution in [0.1, 0.15) is 28.9 Å². The molecule has 0 atom stereocenters. The van der Waals surface area contributed by atoms with Gasteiger partial charge in [0.25, 0.3) is 5.91 Å². The van der Waals surface area contributed by atoms with Crippen LogP contribution < -0.4 is 11.1 Å². The van der Waals surface area contributed by atoms with Gasteiger partial charge >= 0.3 is 0 Å². The zero-order chi connectivity index (χ0) is 12.7. The van der Waals surface area contributed by atoms with Crippen molar-refractivity contribution in [2.45, 2.75) is 25.8 Å². The highest BCUT2D eigenvalue weighted by molar-refractivity contribution is 6.08. The lowest BCUT2D eigenvalue weighted by atomic mass is 10.0. The topological polar surface area (TPSA) is 68.0 Å². The molecule has 92 valence electrons. The Kier molecular flexibility index (Phi) is 2.44. The fourth-order valence-corrected chi connectivity index (χ4v) is 2.05. The van der Waals surface area contributed by atoms with E-state index in [4.69, 9.17) is 5.73 Å². The Morgan fingerprint density at radius 3 is 2.83 bits per heavy atom. The maximum Gasteiger partial charge on any atom is 0.270 e. The summed E-state index contributed by atoms with van der Waals surface area (Å²) in [5.41, 5.74) is 8.24. The van der Waals surface area contributed by atoms with Gasteiger partial charge in [-0.05, 0) is 31.4 Å². The van der Waals surface area contributed by atoms with E-state index in [-0.39, 0.29) is 5.91 Å². The van der Waals surface area contributed by atoms with Crippen molar-refractivity contribution < 1.29 is 4.79 Å². The molecule has 0 bridgehead atoms. The first kappa shape index (κ1) is 11.0. The number of nitrogens with one attached hydrogen (secondary N) is 1. The van der Waals surface area contributed by atoms with E-state index in [1.165, 1.54) is 0 Å². The number of benzene rings is 1. The minimum Gasteiger partial charge on any atom is -0.398 e. The highest BCUT2D eigenvalue weighted by atomic mass is 16.2. The van der Waals surface area contributed by atoms with Crippen molar-refractivity contribution in [3.8, 4) is 0 Å². The Bertz CT molecular complexity index is 632. The Balaban J connectivity index is 2.11. The van der Waals surface area contributed by atoms with Crippen molar-refractivity contribution in [3.05, 3.63) is 35.7 Å². The summed E-state index contributed by atoms with van der Waals surface area (Å²) in [4.78, 5) is 16.3. The molecule has 1 aromatic carbocycles. The van der Waals surface area contributed by atoms with Gasteiger partial charge in [0.05, 0.1) is 0 Å². The van der Waals surface area contributed by atoms with Crippen LogP contribution in [0.5, 0.6) is 0 Å². The zero-order valence-corrected chi connectivity index (χ0v) is 10.2. The molecule has 1 fully saturated rings. The van der Waals surface area contributed by atoms with Crippen LogP contribution in [0.15, 0.2) is 24.4 Å². The summed E-state index contributed by atoms with van der Waals surface area (Å²) >= 11 is 0. The molecule has 1 amide bonds. The normalized spacial score (nSPS) is 14.7. The molecule has 4 nitrogen and oxygen atoms in total. The Labute approximate surface area is 105 Å². The number of rotatable bonds is 2. The fraction of sp³-hybridized carbons (Fsp3) is 0.286. The molecule has 0 saturated heterocycles. The number of nitrogens with two attached hydrogens (primary N) is 1. The van der Waals surface area contributed by atoms with Gasteiger partial charge in [-0.15, -0.1) is 0 Å². The van der Waals surface area contributed by atoms with Crippen molar-refractivity contribution in [3.63, 3.8) is 0 Å². The summed E-state index contributed by atoms with van der Waals surface area (Å²) in [7, 11) is 0. The number of amides is 1. The minimum atomic E-state index is -0.105. The summed E-state index contributed by atoms with van der Waals surface area (Å²) in [6, 6.07) is 6.02.